The molecule has 0 saturated carbocycles. The van der Waals surface area contributed by atoms with Crippen LogP contribution in [-0.4, -0.2) is 57.4 Å². The van der Waals surface area contributed by atoms with E-state index in [1.54, 1.807) is 23.8 Å². The van der Waals surface area contributed by atoms with Gasteiger partial charge in [0.1, 0.15) is 16.2 Å². The number of aliphatic hydroxyl groups is 1. The molecule has 0 unspecified atom stereocenters. The SMILES string of the molecule is O=C(Nc1cc2oc(NCCO)nc2cc1N1CCCCC1)c1csc(-c2cn[nH]c2)n1. The van der Waals surface area contributed by atoms with Crippen LogP contribution in [0.3, 0.4) is 0 Å². The first-order valence-corrected chi connectivity index (χ1v) is 11.4. The predicted octanol–water partition coefficient (Wildman–Crippen LogP) is 3.32. The number of hydrogen-bond acceptors (Lipinski definition) is 9. The van der Waals surface area contributed by atoms with Gasteiger partial charge in [0.2, 0.25) is 0 Å². The van der Waals surface area contributed by atoms with Crippen LogP contribution in [0.15, 0.2) is 34.3 Å². The number of piperidine rings is 1. The summed E-state index contributed by atoms with van der Waals surface area (Å²) in [6.45, 7) is 2.16. The number of aromatic nitrogens is 4. The maximum Gasteiger partial charge on any atom is 0.295 e. The van der Waals surface area contributed by atoms with Crippen LogP contribution in [0.1, 0.15) is 29.8 Å². The smallest absolute Gasteiger partial charge is 0.295 e. The van der Waals surface area contributed by atoms with E-state index in [2.05, 4.69) is 35.7 Å². The second kappa shape index (κ2) is 8.97. The summed E-state index contributed by atoms with van der Waals surface area (Å²) >= 11 is 1.39. The van der Waals surface area contributed by atoms with Crippen LogP contribution in [0.25, 0.3) is 21.7 Å². The number of rotatable bonds is 7. The molecule has 10 nitrogen and oxygen atoms in total. The summed E-state index contributed by atoms with van der Waals surface area (Å²) in [7, 11) is 0. The molecule has 3 aromatic heterocycles. The Morgan fingerprint density at radius 2 is 2.12 bits per heavy atom. The monoisotopic (exact) mass is 453 g/mol. The molecule has 32 heavy (non-hydrogen) atoms. The Kier molecular flexibility index (Phi) is 5.73. The lowest BCUT2D eigenvalue weighted by Crippen LogP contribution is -2.30. The van der Waals surface area contributed by atoms with Gasteiger partial charge in [0.25, 0.3) is 11.9 Å². The van der Waals surface area contributed by atoms with E-state index in [1.807, 2.05) is 6.07 Å². The van der Waals surface area contributed by atoms with E-state index in [0.29, 0.717) is 35.0 Å². The van der Waals surface area contributed by atoms with Gasteiger partial charge in [-0.1, -0.05) is 0 Å². The van der Waals surface area contributed by atoms with E-state index in [-0.39, 0.29) is 12.5 Å². The third-order valence-electron chi connectivity index (χ3n) is 5.32. The first-order valence-electron chi connectivity index (χ1n) is 10.5. The molecule has 1 aliphatic rings. The fraction of sp³-hybridized carbons (Fsp3) is 0.333. The van der Waals surface area contributed by atoms with Crippen LogP contribution < -0.4 is 15.5 Å². The van der Waals surface area contributed by atoms with Crippen molar-refractivity contribution in [2.75, 3.05) is 41.8 Å². The number of hydrogen-bond donors (Lipinski definition) is 4. The van der Waals surface area contributed by atoms with Gasteiger partial charge < -0.3 is 25.1 Å². The zero-order valence-electron chi connectivity index (χ0n) is 17.3. The molecule has 1 saturated heterocycles. The highest BCUT2D eigenvalue weighted by molar-refractivity contribution is 7.13. The van der Waals surface area contributed by atoms with E-state index < -0.39 is 0 Å². The predicted molar refractivity (Wildman–Crippen MR) is 123 cm³/mol. The third-order valence-corrected chi connectivity index (χ3v) is 6.21. The number of H-pyrrole nitrogens is 1. The lowest BCUT2D eigenvalue weighted by atomic mass is 10.1. The van der Waals surface area contributed by atoms with E-state index in [4.69, 9.17) is 9.52 Å². The van der Waals surface area contributed by atoms with Crippen molar-refractivity contribution in [3.8, 4) is 10.6 Å². The molecule has 0 spiro atoms. The molecule has 1 fully saturated rings. The zero-order chi connectivity index (χ0) is 21.9. The Morgan fingerprint density at radius 1 is 1.25 bits per heavy atom. The Morgan fingerprint density at radius 3 is 2.91 bits per heavy atom. The zero-order valence-corrected chi connectivity index (χ0v) is 18.1. The summed E-state index contributed by atoms with van der Waals surface area (Å²) in [5.41, 5.74) is 4.01. The molecule has 4 aromatic rings. The summed E-state index contributed by atoms with van der Waals surface area (Å²) in [5.74, 6) is -0.285. The maximum absolute atomic E-state index is 13.0. The molecule has 0 aliphatic carbocycles. The Bertz CT molecular complexity index is 1210. The maximum atomic E-state index is 13.0. The highest BCUT2D eigenvalue weighted by Gasteiger charge is 2.21. The van der Waals surface area contributed by atoms with Crippen molar-refractivity contribution >= 4 is 45.7 Å². The van der Waals surface area contributed by atoms with Gasteiger partial charge in [-0.05, 0) is 25.3 Å². The van der Waals surface area contributed by atoms with E-state index >= 15 is 0 Å². The van der Waals surface area contributed by atoms with Crippen molar-refractivity contribution in [1.82, 2.24) is 20.2 Å². The number of nitrogens with zero attached hydrogens (tertiary/aromatic N) is 4. The molecule has 11 heteroatoms. The number of carbonyl (C=O) groups excluding carboxylic acids is 1. The molecule has 166 valence electrons. The Balaban J connectivity index is 1.45. The highest BCUT2D eigenvalue weighted by Crippen LogP contribution is 2.35. The van der Waals surface area contributed by atoms with Crippen LogP contribution in [0.5, 0.6) is 0 Å². The minimum absolute atomic E-state index is 0.0203. The molecule has 5 rings (SSSR count). The summed E-state index contributed by atoms with van der Waals surface area (Å²) < 4.78 is 5.77. The van der Waals surface area contributed by atoms with Gasteiger partial charge in [0.05, 0.1) is 24.2 Å². The number of fused-ring (bicyclic) bond motifs is 1. The van der Waals surface area contributed by atoms with Gasteiger partial charge >= 0.3 is 0 Å². The van der Waals surface area contributed by atoms with Crippen LogP contribution in [0.2, 0.25) is 0 Å². The van der Waals surface area contributed by atoms with Gasteiger partial charge in [0.15, 0.2) is 5.58 Å². The average Bonchev–Trinajstić information content (AvgIpc) is 3.57. The number of aromatic amines is 1. The van der Waals surface area contributed by atoms with Gasteiger partial charge in [-0.3, -0.25) is 9.89 Å². The Labute approximate surface area is 187 Å². The van der Waals surface area contributed by atoms with Crippen molar-refractivity contribution in [3.63, 3.8) is 0 Å². The second-order valence-electron chi connectivity index (χ2n) is 7.53. The fourth-order valence-electron chi connectivity index (χ4n) is 3.76. The lowest BCUT2D eigenvalue weighted by Gasteiger charge is -2.30. The van der Waals surface area contributed by atoms with Crippen molar-refractivity contribution in [1.29, 1.82) is 0 Å². The minimum Gasteiger partial charge on any atom is -0.423 e. The van der Waals surface area contributed by atoms with E-state index in [9.17, 15) is 4.79 Å². The standard InChI is InChI=1S/C21H23N7O3S/c29-7-4-22-21-27-15-8-17(28-5-2-1-3-6-28)14(9-18(15)31-21)25-19(30)16-12-32-20(26-16)13-10-23-24-11-13/h8-12,29H,1-7H2,(H,22,27)(H,23,24)(H,25,30). The largest absolute Gasteiger partial charge is 0.423 e. The number of carbonyl (C=O) groups is 1. The summed E-state index contributed by atoms with van der Waals surface area (Å²) in [6.07, 6.45) is 6.83. The molecule has 0 atom stereocenters. The van der Waals surface area contributed by atoms with Crippen LogP contribution in [0.4, 0.5) is 17.4 Å². The van der Waals surface area contributed by atoms with E-state index in [0.717, 1.165) is 42.2 Å². The summed E-state index contributed by atoms with van der Waals surface area (Å²) in [5, 5.41) is 24.1. The van der Waals surface area contributed by atoms with Crippen molar-refractivity contribution in [3.05, 3.63) is 35.6 Å². The normalized spacial score (nSPS) is 14.1. The number of aliphatic hydroxyl groups excluding tert-OH is 1. The fourth-order valence-corrected chi connectivity index (χ4v) is 4.54. The number of oxazole rings is 1. The van der Waals surface area contributed by atoms with Crippen molar-refractivity contribution in [2.45, 2.75) is 19.3 Å². The second-order valence-corrected chi connectivity index (χ2v) is 8.39. The minimum atomic E-state index is -0.285. The topological polar surface area (TPSA) is 132 Å². The number of benzene rings is 1. The number of nitrogens with one attached hydrogen (secondary N) is 3. The molecule has 1 amide bonds. The molecular formula is C21H23N7O3S. The lowest BCUT2D eigenvalue weighted by molar-refractivity contribution is 0.102. The summed E-state index contributed by atoms with van der Waals surface area (Å²) in [6, 6.07) is 4.09. The Hall–Kier alpha value is -3.44. The van der Waals surface area contributed by atoms with Gasteiger partial charge in [-0.25, -0.2) is 4.98 Å². The molecule has 4 N–H and O–H groups in total. The molecule has 1 aliphatic heterocycles. The van der Waals surface area contributed by atoms with Crippen LogP contribution in [0, 0.1) is 0 Å². The quantitative estimate of drug-likeness (QED) is 0.335. The molecule has 0 bridgehead atoms. The molecule has 1 aromatic carbocycles. The molecule has 0 radical (unpaired) electrons. The van der Waals surface area contributed by atoms with Gasteiger partial charge in [-0.2, -0.15) is 10.1 Å². The number of thiazole rings is 1. The number of amides is 1. The molecular weight excluding hydrogens is 430 g/mol. The van der Waals surface area contributed by atoms with E-state index in [1.165, 1.54) is 17.8 Å². The van der Waals surface area contributed by atoms with Crippen LogP contribution in [-0.2, 0) is 0 Å². The summed E-state index contributed by atoms with van der Waals surface area (Å²) in [4.78, 5) is 24.2. The van der Waals surface area contributed by atoms with Gasteiger partial charge in [0, 0.05) is 42.8 Å². The first-order chi connectivity index (χ1) is 15.7. The van der Waals surface area contributed by atoms with Gasteiger partial charge in [-0.15, -0.1) is 11.3 Å². The van der Waals surface area contributed by atoms with Crippen LogP contribution >= 0.6 is 11.3 Å². The van der Waals surface area contributed by atoms with Crippen molar-refractivity contribution < 1.29 is 14.3 Å². The first kappa shape index (κ1) is 20.5. The molecule has 4 heterocycles. The average molecular weight is 454 g/mol. The third kappa shape index (κ3) is 4.16. The highest BCUT2D eigenvalue weighted by atomic mass is 32.1. The van der Waals surface area contributed by atoms with Crippen molar-refractivity contribution in [2.24, 2.45) is 0 Å². The number of anilines is 3.